The first-order chi connectivity index (χ1) is 4.98. The van der Waals surface area contributed by atoms with Crippen molar-refractivity contribution in [1.82, 2.24) is 5.32 Å². The Hall–Kier alpha value is -0.840. The molecule has 0 radical (unpaired) electrons. The Morgan fingerprint density at radius 3 is 2.45 bits per heavy atom. The lowest BCUT2D eigenvalue weighted by molar-refractivity contribution is -0.165. The van der Waals surface area contributed by atoms with Gasteiger partial charge in [-0.1, -0.05) is 6.08 Å². The molecule has 0 bridgehead atoms. The van der Waals surface area contributed by atoms with E-state index in [1.807, 2.05) is 0 Å². The van der Waals surface area contributed by atoms with Crippen LogP contribution in [0.2, 0.25) is 0 Å². The van der Waals surface area contributed by atoms with Gasteiger partial charge in [-0.05, 0) is 13.1 Å². The van der Waals surface area contributed by atoms with Gasteiger partial charge in [0.15, 0.2) is 0 Å². The number of carbonyl (C=O) groups excluding carboxylic acids is 1. The Morgan fingerprint density at radius 1 is 1.55 bits per heavy atom. The molecule has 0 fully saturated rings. The molecule has 0 aliphatic carbocycles. The molecule has 5 heteroatoms. The molecule has 0 unspecified atom stereocenters. The first-order valence-electron chi connectivity index (χ1n) is 2.90. The highest BCUT2D eigenvalue weighted by Gasteiger charge is 2.35. The molecule has 0 aliphatic rings. The third kappa shape index (κ3) is 4.55. The number of alkyl halides is 3. The molecule has 0 amide bonds. The van der Waals surface area contributed by atoms with E-state index in [-0.39, 0.29) is 6.54 Å². The number of allylic oxidation sites excluding steroid dienone is 1. The number of ketones is 1. The second-order valence-corrected chi connectivity index (χ2v) is 1.82. The number of carbonyl (C=O) groups is 1. The van der Waals surface area contributed by atoms with E-state index in [4.69, 9.17) is 0 Å². The van der Waals surface area contributed by atoms with Crippen LogP contribution in [0.25, 0.3) is 0 Å². The summed E-state index contributed by atoms with van der Waals surface area (Å²) in [6, 6.07) is 0. The summed E-state index contributed by atoms with van der Waals surface area (Å²) in [4.78, 5) is 10.1. The van der Waals surface area contributed by atoms with E-state index in [1.165, 1.54) is 0 Å². The molecule has 64 valence electrons. The summed E-state index contributed by atoms with van der Waals surface area (Å²) in [5, 5.41) is 2.57. The number of rotatable bonds is 3. The fourth-order valence-electron chi connectivity index (χ4n) is 0.378. The van der Waals surface area contributed by atoms with Crippen LogP contribution in [0.4, 0.5) is 13.2 Å². The summed E-state index contributed by atoms with van der Waals surface area (Å²) in [6.45, 7) is 0.252. The summed E-state index contributed by atoms with van der Waals surface area (Å²) >= 11 is 0. The van der Waals surface area contributed by atoms with Gasteiger partial charge in [-0.3, -0.25) is 4.79 Å². The quantitative estimate of drug-likeness (QED) is 0.632. The Labute approximate surface area is 62.1 Å². The zero-order chi connectivity index (χ0) is 8.91. The van der Waals surface area contributed by atoms with Crippen LogP contribution in [0, 0.1) is 0 Å². The van der Waals surface area contributed by atoms with Crippen LogP contribution in [0.1, 0.15) is 0 Å². The van der Waals surface area contributed by atoms with Crippen molar-refractivity contribution in [2.24, 2.45) is 0 Å². The Morgan fingerprint density at radius 2 is 2.09 bits per heavy atom. The lowest BCUT2D eigenvalue weighted by Crippen LogP contribution is -2.20. The lowest BCUT2D eigenvalue weighted by Gasteiger charge is -1.98. The van der Waals surface area contributed by atoms with E-state index >= 15 is 0 Å². The number of likely N-dealkylation sites (N-methyl/N-ethyl adjacent to an activating group) is 1. The molecule has 11 heavy (non-hydrogen) atoms. The SMILES string of the molecule is CNCC=CC(=O)C(F)(F)F. The molecule has 2 nitrogen and oxygen atoms in total. The average molecular weight is 167 g/mol. The van der Waals surface area contributed by atoms with Crippen molar-refractivity contribution in [3.8, 4) is 0 Å². The van der Waals surface area contributed by atoms with Crippen LogP contribution in [0.5, 0.6) is 0 Å². The molecule has 0 aromatic rings. The van der Waals surface area contributed by atoms with Crippen molar-refractivity contribution in [2.75, 3.05) is 13.6 Å². The molecule has 0 atom stereocenters. The zero-order valence-corrected chi connectivity index (χ0v) is 5.90. The fourth-order valence-corrected chi connectivity index (χ4v) is 0.378. The van der Waals surface area contributed by atoms with Gasteiger partial charge in [0.25, 0.3) is 5.78 Å². The van der Waals surface area contributed by atoms with E-state index in [0.29, 0.717) is 6.08 Å². The molecule has 0 aromatic heterocycles. The Kier molecular flexibility index (Phi) is 3.81. The van der Waals surface area contributed by atoms with Crippen LogP contribution in [-0.2, 0) is 4.79 Å². The van der Waals surface area contributed by atoms with Crippen molar-refractivity contribution in [3.05, 3.63) is 12.2 Å². The first kappa shape index (κ1) is 10.2. The zero-order valence-electron chi connectivity index (χ0n) is 5.90. The van der Waals surface area contributed by atoms with Gasteiger partial charge in [-0.15, -0.1) is 0 Å². The second-order valence-electron chi connectivity index (χ2n) is 1.82. The predicted molar refractivity (Wildman–Crippen MR) is 34.1 cm³/mol. The minimum Gasteiger partial charge on any atom is -0.316 e. The van der Waals surface area contributed by atoms with Gasteiger partial charge < -0.3 is 5.32 Å². The minimum absolute atomic E-state index is 0.252. The van der Waals surface area contributed by atoms with E-state index in [9.17, 15) is 18.0 Å². The molecule has 1 N–H and O–H groups in total. The molecule has 0 aromatic carbocycles. The van der Waals surface area contributed by atoms with Gasteiger partial charge in [0.1, 0.15) is 0 Å². The van der Waals surface area contributed by atoms with E-state index in [2.05, 4.69) is 5.32 Å². The largest absolute Gasteiger partial charge is 0.454 e. The highest BCUT2D eigenvalue weighted by Crippen LogP contribution is 2.15. The topological polar surface area (TPSA) is 29.1 Å². The highest BCUT2D eigenvalue weighted by molar-refractivity contribution is 5.94. The maximum absolute atomic E-state index is 11.5. The molecular formula is C6H8F3NO. The summed E-state index contributed by atoms with van der Waals surface area (Å²) in [7, 11) is 1.57. The minimum atomic E-state index is -4.75. The summed E-state index contributed by atoms with van der Waals surface area (Å²) in [6.07, 6.45) is -3.11. The van der Waals surface area contributed by atoms with Crippen LogP contribution < -0.4 is 5.32 Å². The number of halogens is 3. The van der Waals surface area contributed by atoms with Crippen molar-refractivity contribution >= 4 is 5.78 Å². The molecular weight excluding hydrogens is 159 g/mol. The predicted octanol–water partition coefficient (Wildman–Crippen LogP) is 0.893. The summed E-state index contributed by atoms with van der Waals surface area (Å²) < 4.78 is 34.4. The summed E-state index contributed by atoms with van der Waals surface area (Å²) in [5.41, 5.74) is 0. The highest BCUT2D eigenvalue weighted by atomic mass is 19.4. The maximum Gasteiger partial charge on any atom is 0.454 e. The monoisotopic (exact) mass is 167 g/mol. The molecule has 0 rings (SSSR count). The van der Waals surface area contributed by atoms with Crippen LogP contribution in [0.15, 0.2) is 12.2 Å². The average Bonchev–Trinajstić information content (AvgIpc) is 1.86. The van der Waals surface area contributed by atoms with Crippen LogP contribution in [0.3, 0.4) is 0 Å². The van der Waals surface area contributed by atoms with Gasteiger partial charge in [0.2, 0.25) is 0 Å². The lowest BCUT2D eigenvalue weighted by atomic mass is 10.3. The maximum atomic E-state index is 11.5. The van der Waals surface area contributed by atoms with Gasteiger partial charge in [-0.2, -0.15) is 13.2 Å². The fraction of sp³-hybridized carbons (Fsp3) is 0.500. The molecule has 0 saturated heterocycles. The van der Waals surface area contributed by atoms with Gasteiger partial charge in [0.05, 0.1) is 0 Å². The van der Waals surface area contributed by atoms with E-state index < -0.39 is 12.0 Å². The van der Waals surface area contributed by atoms with Gasteiger partial charge in [0, 0.05) is 6.54 Å². The number of nitrogens with one attached hydrogen (secondary N) is 1. The standard InChI is InChI=1S/C6H8F3NO/c1-10-4-2-3-5(11)6(7,8)9/h2-3,10H,4H2,1H3. The smallest absolute Gasteiger partial charge is 0.316 e. The molecule has 0 spiro atoms. The van der Waals surface area contributed by atoms with Gasteiger partial charge in [-0.25, -0.2) is 0 Å². The molecule has 0 aliphatic heterocycles. The first-order valence-corrected chi connectivity index (χ1v) is 2.90. The second kappa shape index (κ2) is 4.12. The third-order valence-electron chi connectivity index (χ3n) is 0.871. The van der Waals surface area contributed by atoms with Crippen molar-refractivity contribution in [1.29, 1.82) is 0 Å². The molecule has 0 saturated carbocycles. The van der Waals surface area contributed by atoms with E-state index in [0.717, 1.165) is 6.08 Å². The Bertz CT molecular complexity index is 162. The summed E-state index contributed by atoms with van der Waals surface area (Å²) in [5.74, 6) is -1.83. The third-order valence-corrected chi connectivity index (χ3v) is 0.871. The van der Waals surface area contributed by atoms with Crippen molar-refractivity contribution < 1.29 is 18.0 Å². The number of hydrogen-bond donors (Lipinski definition) is 1. The van der Waals surface area contributed by atoms with Crippen molar-refractivity contribution in [2.45, 2.75) is 6.18 Å². The van der Waals surface area contributed by atoms with Crippen LogP contribution >= 0.6 is 0 Å². The normalized spacial score (nSPS) is 12.4. The van der Waals surface area contributed by atoms with Crippen LogP contribution in [-0.4, -0.2) is 25.6 Å². The van der Waals surface area contributed by atoms with E-state index in [1.54, 1.807) is 7.05 Å². The molecule has 0 heterocycles. The number of hydrogen-bond acceptors (Lipinski definition) is 2. The Balaban J connectivity index is 3.88. The van der Waals surface area contributed by atoms with Gasteiger partial charge >= 0.3 is 6.18 Å². The van der Waals surface area contributed by atoms with Crippen molar-refractivity contribution in [3.63, 3.8) is 0 Å².